The van der Waals surface area contributed by atoms with E-state index in [9.17, 15) is 8.42 Å². The molecule has 0 aliphatic rings. The highest BCUT2D eigenvalue weighted by Gasteiger charge is 2.19. The largest absolute Gasteiger partial charge is 0.378 e. The summed E-state index contributed by atoms with van der Waals surface area (Å²) < 4.78 is 28.1. The molecule has 0 amide bonds. The molecule has 0 bridgehead atoms. The summed E-state index contributed by atoms with van der Waals surface area (Å²) in [6.07, 6.45) is 0.931. The summed E-state index contributed by atoms with van der Waals surface area (Å²) in [6.45, 7) is 3.34. The summed E-state index contributed by atoms with van der Waals surface area (Å²) in [5.41, 5.74) is 2.98. The number of sulfonamides is 1. The highest BCUT2D eigenvalue weighted by Crippen LogP contribution is 2.23. The summed E-state index contributed by atoms with van der Waals surface area (Å²) in [7, 11) is -0.482. The molecule has 0 unspecified atom stereocenters. The van der Waals surface area contributed by atoms with Gasteiger partial charge in [-0.2, -0.15) is 5.26 Å². The van der Waals surface area contributed by atoms with Crippen LogP contribution in [0.3, 0.4) is 0 Å². The van der Waals surface area contributed by atoms with E-state index < -0.39 is 10.0 Å². The quantitative estimate of drug-likeness (QED) is 0.661. The Bertz CT molecular complexity index is 1140. The van der Waals surface area contributed by atoms with Gasteiger partial charge in [0, 0.05) is 26.3 Å². The lowest BCUT2D eigenvalue weighted by Crippen LogP contribution is -2.22. The van der Waals surface area contributed by atoms with Crippen LogP contribution >= 0.6 is 0 Å². The highest BCUT2D eigenvalue weighted by molar-refractivity contribution is 7.89. The average molecular weight is 398 g/mol. The molecule has 1 N–H and O–H groups in total. The normalized spacial score (nSPS) is 11.7. The van der Waals surface area contributed by atoms with Crippen molar-refractivity contribution in [1.82, 2.24) is 13.9 Å². The molecule has 7 nitrogen and oxygen atoms in total. The van der Waals surface area contributed by atoms with Crippen molar-refractivity contribution in [3.05, 3.63) is 53.9 Å². The second kappa shape index (κ2) is 8.00. The molecule has 0 fully saturated rings. The van der Waals surface area contributed by atoms with Gasteiger partial charge in [-0.25, -0.2) is 17.7 Å². The Morgan fingerprint density at radius 1 is 1.21 bits per heavy atom. The smallest absolute Gasteiger partial charge is 0.242 e. The second-order valence-corrected chi connectivity index (χ2v) is 8.82. The maximum Gasteiger partial charge on any atom is 0.242 e. The van der Waals surface area contributed by atoms with Crippen LogP contribution in [0.1, 0.15) is 24.7 Å². The Balaban J connectivity index is 1.97. The molecule has 3 rings (SSSR count). The fourth-order valence-electron chi connectivity index (χ4n) is 3.02. The molecular formula is C20H23N5O2S. The Labute approximate surface area is 165 Å². The Morgan fingerprint density at radius 2 is 2.00 bits per heavy atom. The van der Waals surface area contributed by atoms with E-state index in [0.717, 1.165) is 30.0 Å². The zero-order chi connectivity index (χ0) is 20.3. The number of imidazole rings is 1. The molecule has 0 spiro atoms. The molecule has 0 atom stereocenters. The number of aromatic nitrogens is 2. The fraction of sp³-hybridized carbons (Fsp3) is 0.300. The van der Waals surface area contributed by atoms with Crippen molar-refractivity contribution in [1.29, 1.82) is 5.26 Å². The number of nitrogens with one attached hydrogen (secondary N) is 1. The number of hydrogen-bond donors (Lipinski definition) is 1. The van der Waals surface area contributed by atoms with E-state index in [2.05, 4.69) is 27.9 Å². The SMILES string of the molecule is CCCn1c(CNc2cccc(C#N)c2)nc2cc(S(=O)(=O)N(C)C)ccc21. The molecular weight excluding hydrogens is 374 g/mol. The zero-order valence-corrected chi connectivity index (χ0v) is 17.0. The first kappa shape index (κ1) is 19.9. The molecule has 2 aromatic carbocycles. The first-order valence-corrected chi connectivity index (χ1v) is 10.5. The molecule has 146 valence electrons. The Kier molecular flexibility index (Phi) is 5.68. The third-order valence-corrected chi connectivity index (χ3v) is 6.28. The van der Waals surface area contributed by atoms with E-state index >= 15 is 0 Å². The van der Waals surface area contributed by atoms with E-state index in [-0.39, 0.29) is 4.90 Å². The highest BCUT2D eigenvalue weighted by atomic mass is 32.2. The van der Waals surface area contributed by atoms with E-state index in [0.29, 0.717) is 17.6 Å². The predicted molar refractivity (Wildman–Crippen MR) is 109 cm³/mol. The average Bonchev–Trinajstić information content (AvgIpc) is 3.03. The number of rotatable bonds is 7. The van der Waals surface area contributed by atoms with Crippen LogP contribution < -0.4 is 5.32 Å². The van der Waals surface area contributed by atoms with Crippen molar-refractivity contribution in [2.24, 2.45) is 0 Å². The number of benzene rings is 2. The number of anilines is 1. The molecule has 0 radical (unpaired) electrons. The minimum absolute atomic E-state index is 0.229. The summed E-state index contributed by atoms with van der Waals surface area (Å²) >= 11 is 0. The van der Waals surface area contributed by atoms with Gasteiger partial charge in [0.05, 0.1) is 34.1 Å². The lowest BCUT2D eigenvalue weighted by Gasteiger charge is -2.11. The van der Waals surface area contributed by atoms with Gasteiger partial charge >= 0.3 is 0 Å². The third-order valence-electron chi connectivity index (χ3n) is 4.47. The summed E-state index contributed by atoms with van der Waals surface area (Å²) in [5.74, 6) is 0.818. The van der Waals surface area contributed by atoms with Gasteiger partial charge in [-0.1, -0.05) is 13.0 Å². The second-order valence-electron chi connectivity index (χ2n) is 6.66. The lowest BCUT2D eigenvalue weighted by atomic mass is 10.2. The van der Waals surface area contributed by atoms with E-state index in [1.165, 1.54) is 18.4 Å². The van der Waals surface area contributed by atoms with Crippen LogP contribution in [-0.4, -0.2) is 36.4 Å². The van der Waals surface area contributed by atoms with Crippen LogP contribution in [0.15, 0.2) is 47.4 Å². The molecule has 0 aliphatic carbocycles. The van der Waals surface area contributed by atoms with Crippen molar-refractivity contribution in [2.45, 2.75) is 31.3 Å². The molecule has 28 heavy (non-hydrogen) atoms. The summed E-state index contributed by atoms with van der Waals surface area (Å²) in [4.78, 5) is 4.90. The minimum atomic E-state index is -3.51. The Hall–Kier alpha value is -2.89. The van der Waals surface area contributed by atoms with Crippen molar-refractivity contribution in [3.8, 4) is 6.07 Å². The maximum atomic E-state index is 12.4. The fourth-order valence-corrected chi connectivity index (χ4v) is 3.94. The minimum Gasteiger partial charge on any atom is -0.378 e. The number of aryl methyl sites for hydroxylation is 1. The van der Waals surface area contributed by atoms with Crippen molar-refractivity contribution in [3.63, 3.8) is 0 Å². The maximum absolute atomic E-state index is 12.4. The summed E-state index contributed by atoms with van der Waals surface area (Å²) in [5, 5.41) is 12.3. The van der Waals surface area contributed by atoms with Crippen molar-refractivity contribution < 1.29 is 8.42 Å². The van der Waals surface area contributed by atoms with Gasteiger partial charge in [0.15, 0.2) is 0 Å². The molecule has 1 aromatic heterocycles. The van der Waals surface area contributed by atoms with Gasteiger partial charge in [0.2, 0.25) is 10.0 Å². The molecule has 0 saturated carbocycles. The topological polar surface area (TPSA) is 91.0 Å². The predicted octanol–water partition coefficient (Wildman–Crippen LogP) is 3.18. The van der Waals surface area contributed by atoms with Crippen LogP contribution in [0.25, 0.3) is 11.0 Å². The molecule has 1 heterocycles. The summed E-state index contributed by atoms with van der Waals surface area (Å²) in [6, 6.07) is 14.5. The molecule has 0 saturated heterocycles. The first-order valence-electron chi connectivity index (χ1n) is 9.02. The first-order chi connectivity index (χ1) is 13.4. The van der Waals surface area contributed by atoms with Gasteiger partial charge in [-0.15, -0.1) is 0 Å². The lowest BCUT2D eigenvalue weighted by molar-refractivity contribution is 0.521. The monoisotopic (exact) mass is 397 g/mol. The van der Waals surface area contributed by atoms with Gasteiger partial charge in [0.25, 0.3) is 0 Å². The van der Waals surface area contributed by atoms with Gasteiger partial charge in [0.1, 0.15) is 5.82 Å². The standard InChI is InChI=1S/C20H23N5O2S/c1-4-10-25-19-9-8-17(28(26,27)24(2)3)12-18(19)23-20(25)14-22-16-7-5-6-15(11-16)13-21/h5-9,11-12,22H,4,10,14H2,1-3H3. The van der Waals surface area contributed by atoms with Crippen molar-refractivity contribution >= 4 is 26.7 Å². The number of nitrogens with zero attached hydrogens (tertiary/aromatic N) is 4. The number of nitriles is 1. The van der Waals surface area contributed by atoms with E-state index in [1.54, 1.807) is 24.3 Å². The van der Waals surface area contributed by atoms with Crippen LogP contribution in [0.5, 0.6) is 0 Å². The molecule has 0 aliphatic heterocycles. The van der Waals surface area contributed by atoms with Gasteiger partial charge in [-0.05, 0) is 42.8 Å². The van der Waals surface area contributed by atoms with Crippen molar-refractivity contribution in [2.75, 3.05) is 19.4 Å². The van der Waals surface area contributed by atoms with E-state index in [4.69, 9.17) is 5.26 Å². The van der Waals surface area contributed by atoms with Crippen LogP contribution in [0, 0.1) is 11.3 Å². The molecule has 8 heteroatoms. The van der Waals surface area contributed by atoms with Crippen LogP contribution in [-0.2, 0) is 23.1 Å². The molecule has 3 aromatic rings. The van der Waals surface area contributed by atoms with Crippen LogP contribution in [0.4, 0.5) is 5.69 Å². The zero-order valence-electron chi connectivity index (χ0n) is 16.2. The van der Waals surface area contributed by atoms with Crippen LogP contribution in [0.2, 0.25) is 0 Å². The number of fused-ring (bicyclic) bond motifs is 1. The van der Waals surface area contributed by atoms with Gasteiger partial charge < -0.3 is 9.88 Å². The van der Waals surface area contributed by atoms with Gasteiger partial charge in [-0.3, -0.25) is 0 Å². The Morgan fingerprint density at radius 3 is 2.68 bits per heavy atom. The third kappa shape index (κ3) is 3.86. The van der Waals surface area contributed by atoms with E-state index in [1.807, 2.05) is 18.2 Å². The number of hydrogen-bond acceptors (Lipinski definition) is 5.